The number of ether oxygens (including phenoxy) is 1. The maximum atomic E-state index is 12.0. The number of rotatable bonds is 3. The number of carboxylic acids is 1. The lowest BCUT2D eigenvalue weighted by Crippen LogP contribution is -2.30. The van der Waals surface area contributed by atoms with Crippen LogP contribution in [0.3, 0.4) is 0 Å². The summed E-state index contributed by atoms with van der Waals surface area (Å²) in [6.45, 7) is 1.93. The predicted molar refractivity (Wildman–Crippen MR) is 73.0 cm³/mol. The molecule has 1 heterocycles. The van der Waals surface area contributed by atoms with Crippen LogP contribution in [0.25, 0.3) is 0 Å². The molecular weight excluding hydrogens is 314 g/mol. The van der Waals surface area contributed by atoms with Gasteiger partial charge >= 0.3 is 5.97 Å². The molecule has 1 aromatic carbocycles. The van der Waals surface area contributed by atoms with Gasteiger partial charge in [0.2, 0.25) is 0 Å². The first-order valence-electron chi connectivity index (χ1n) is 5.92. The predicted octanol–water partition coefficient (Wildman–Crippen LogP) is 2.33. The second-order valence-electron chi connectivity index (χ2n) is 4.50. The first-order chi connectivity index (χ1) is 8.97. The van der Waals surface area contributed by atoms with E-state index in [-0.39, 0.29) is 5.91 Å². The van der Waals surface area contributed by atoms with Crippen molar-refractivity contribution < 1.29 is 19.4 Å². The van der Waals surface area contributed by atoms with E-state index in [0.29, 0.717) is 18.5 Å². The highest BCUT2D eigenvalue weighted by molar-refractivity contribution is 9.10. The van der Waals surface area contributed by atoms with Crippen molar-refractivity contribution in [1.82, 2.24) is 0 Å². The summed E-state index contributed by atoms with van der Waals surface area (Å²) < 4.78 is 5.98. The van der Waals surface area contributed by atoms with Crippen LogP contribution in [0.1, 0.15) is 18.4 Å². The van der Waals surface area contributed by atoms with Gasteiger partial charge in [0, 0.05) is 4.47 Å². The molecular formula is C13H14BrNO4. The van der Waals surface area contributed by atoms with Crippen molar-refractivity contribution in [1.29, 1.82) is 0 Å². The number of halogens is 1. The summed E-state index contributed by atoms with van der Waals surface area (Å²) in [5, 5.41) is 11.6. The molecule has 0 radical (unpaired) electrons. The van der Waals surface area contributed by atoms with E-state index in [4.69, 9.17) is 9.84 Å². The Morgan fingerprint density at radius 2 is 2.05 bits per heavy atom. The number of carbonyl (C=O) groups is 2. The van der Waals surface area contributed by atoms with Gasteiger partial charge in [-0.1, -0.05) is 6.07 Å². The molecule has 6 heteroatoms. The van der Waals surface area contributed by atoms with E-state index in [9.17, 15) is 9.59 Å². The smallest absolute Gasteiger partial charge is 0.332 e. The van der Waals surface area contributed by atoms with Crippen molar-refractivity contribution >= 4 is 33.5 Å². The van der Waals surface area contributed by atoms with Crippen molar-refractivity contribution in [3.05, 3.63) is 28.2 Å². The zero-order valence-corrected chi connectivity index (χ0v) is 11.9. The van der Waals surface area contributed by atoms with Gasteiger partial charge < -0.3 is 15.2 Å². The monoisotopic (exact) mass is 327 g/mol. The quantitative estimate of drug-likeness (QED) is 0.893. The van der Waals surface area contributed by atoms with Gasteiger partial charge in [0.15, 0.2) is 6.10 Å². The van der Waals surface area contributed by atoms with Crippen molar-refractivity contribution in [2.75, 3.05) is 5.32 Å². The Kier molecular flexibility index (Phi) is 4.21. The molecule has 0 unspecified atom stereocenters. The molecule has 2 rings (SSSR count). The maximum Gasteiger partial charge on any atom is 0.332 e. The minimum atomic E-state index is -1.02. The summed E-state index contributed by atoms with van der Waals surface area (Å²) >= 11 is 3.35. The third kappa shape index (κ3) is 3.33. The van der Waals surface area contributed by atoms with E-state index in [1.165, 1.54) is 0 Å². The van der Waals surface area contributed by atoms with E-state index >= 15 is 0 Å². The Hall–Kier alpha value is -1.40. The number of anilines is 1. The summed E-state index contributed by atoms with van der Waals surface area (Å²) in [5.41, 5.74) is 1.68. The van der Waals surface area contributed by atoms with Gasteiger partial charge in [-0.25, -0.2) is 4.79 Å². The fourth-order valence-corrected chi connectivity index (χ4v) is 2.31. The molecule has 2 N–H and O–H groups in total. The minimum absolute atomic E-state index is 0.310. The molecule has 19 heavy (non-hydrogen) atoms. The molecule has 5 nitrogen and oxygen atoms in total. The number of benzene rings is 1. The molecule has 0 spiro atoms. The van der Waals surface area contributed by atoms with Gasteiger partial charge in [0.05, 0.1) is 5.69 Å². The maximum absolute atomic E-state index is 12.0. The molecule has 102 valence electrons. The number of hydrogen-bond donors (Lipinski definition) is 2. The number of aryl methyl sites for hydroxylation is 1. The lowest BCUT2D eigenvalue weighted by atomic mass is 10.1. The Bertz CT molecular complexity index is 517. The number of nitrogens with one attached hydrogen (secondary N) is 1. The van der Waals surface area contributed by atoms with Gasteiger partial charge in [-0.2, -0.15) is 0 Å². The summed E-state index contributed by atoms with van der Waals surface area (Å²) in [6.07, 6.45) is -0.792. The van der Waals surface area contributed by atoms with E-state index < -0.39 is 18.2 Å². The Labute approximate surface area is 119 Å². The summed E-state index contributed by atoms with van der Waals surface area (Å²) in [6, 6.07) is 5.61. The first-order valence-corrected chi connectivity index (χ1v) is 6.72. The molecule has 1 aliphatic rings. The average Bonchev–Trinajstić information content (AvgIpc) is 2.83. The SMILES string of the molecule is Cc1ccc(Br)c(NC(=O)[C@@H]2CC[C@H](C(=O)O)O2)c1. The highest BCUT2D eigenvalue weighted by Gasteiger charge is 2.34. The third-order valence-corrected chi connectivity index (χ3v) is 3.66. The first kappa shape index (κ1) is 14.0. The molecule has 2 atom stereocenters. The van der Waals surface area contributed by atoms with Crippen LogP contribution >= 0.6 is 15.9 Å². The molecule has 1 aromatic rings. The van der Waals surface area contributed by atoms with Crippen LogP contribution in [0, 0.1) is 6.92 Å². The van der Waals surface area contributed by atoms with E-state index in [2.05, 4.69) is 21.2 Å². The van der Waals surface area contributed by atoms with Gasteiger partial charge in [-0.05, 0) is 53.4 Å². The zero-order chi connectivity index (χ0) is 14.0. The number of hydrogen-bond acceptors (Lipinski definition) is 3. The topological polar surface area (TPSA) is 75.6 Å². The molecule has 1 amide bonds. The number of carboxylic acid groups (broad SMARTS) is 1. The second kappa shape index (κ2) is 5.71. The van der Waals surface area contributed by atoms with Crippen LogP contribution in [0.15, 0.2) is 22.7 Å². The fraction of sp³-hybridized carbons (Fsp3) is 0.385. The van der Waals surface area contributed by atoms with Crippen molar-refractivity contribution in [2.45, 2.75) is 32.0 Å². The second-order valence-corrected chi connectivity index (χ2v) is 5.36. The fourth-order valence-electron chi connectivity index (χ4n) is 1.96. The van der Waals surface area contributed by atoms with Crippen molar-refractivity contribution in [2.24, 2.45) is 0 Å². The normalized spacial score (nSPS) is 22.2. The van der Waals surface area contributed by atoms with Crippen molar-refractivity contribution in [3.63, 3.8) is 0 Å². The van der Waals surface area contributed by atoms with E-state index in [1.807, 2.05) is 25.1 Å². The third-order valence-electron chi connectivity index (χ3n) is 2.97. The van der Waals surface area contributed by atoms with Gasteiger partial charge in [0.25, 0.3) is 5.91 Å². The largest absolute Gasteiger partial charge is 0.479 e. The Morgan fingerprint density at radius 1 is 1.37 bits per heavy atom. The Balaban J connectivity index is 2.02. The minimum Gasteiger partial charge on any atom is -0.479 e. The van der Waals surface area contributed by atoms with Crippen LogP contribution in [0.2, 0.25) is 0 Å². The van der Waals surface area contributed by atoms with E-state index in [1.54, 1.807) is 0 Å². The lowest BCUT2D eigenvalue weighted by molar-refractivity contribution is -0.150. The Morgan fingerprint density at radius 3 is 2.68 bits per heavy atom. The summed E-state index contributed by atoms with van der Waals surface area (Å²) in [7, 11) is 0. The van der Waals surface area contributed by atoms with Gasteiger partial charge in [0.1, 0.15) is 6.10 Å². The van der Waals surface area contributed by atoms with Crippen molar-refractivity contribution in [3.8, 4) is 0 Å². The number of amides is 1. The molecule has 0 aromatic heterocycles. The molecule has 0 saturated carbocycles. The van der Waals surface area contributed by atoms with Crippen LogP contribution in [0.4, 0.5) is 5.69 Å². The number of aliphatic carboxylic acids is 1. The van der Waals surface area contributed by atoms with Crippen LogP contribution in [-0.4, -0.2) is 29.2 Å². The van der Waals surface area contributed by atoms with E-state index in [0.717, 1.165) is 10.0 Å². The average molecular weight is 328 g/mol. The lowest BCUT2D eigenvalue weighted by Gasteiger charge is -2.13. The summed E-state index contributed by atoms with van der Waals surface area (Å²) in [5.74, 6) is -1.33. The standard InChI is InChI=1S/C13H14BrNO4/c1-7-2-3-8(14)9(6-7)15-12(16)10-4-5-11(19-10)13(17)18/h2-3,6,10-11H,4-5H2,1H3,(H,15,16)(H,17,18)/t10-,11+/m0/s1. The zero-order valence-electron chi connectivity index (χ0n) is 10.4. The molecule has 1 aliphatic heterocycles. The highest BCUT2D eigenvalue weighted by Crippen LogP contribution is 2.26. The molecule has 0 bridgehead atoms. The van der Waals surface area contributed by atoms with Crippen LogP contribution in [0.5, 0.6) is 0 Å². The van der Waals surface area contributed by atoms with Crippen LogP contribution in [-0.2, 0) is 14.3 Å². The highest BCUT2D eigenvalue weighted by atomic mass is 79.9. The molecule has 1 fully saturated rings. The van der Waals surface area contributed by atoms with Gasteiger partial charge in [-0.3, -0.25) is 4.79 Å². The molecule has 0 aliphatic carbocycles. The summed E-state index contributed by atoms with van der Waals surface area (Å²) in [4.78, 5) is 22.8. The number of carbonyl (C=O) groups excluding carboxylic acids is 1. The van der Waals surface area contributed by atoms with Crippen LogP contribution < -0.4 is 5.32 Å². The van der Waals surface area contributed by atoms with Gasteiger partial charge in [-0.15, -0.1) is 0 Å². The molecule has 1 saturated heterocycles.